The molecule has 2 aromatic rings. The lowest BCUT2D eigenvalue weighted by Crippen LogP contribution is -1.98. The Balaban J connectivity index is 2.45. The first kappa shape index (κ1) is 14.5. The fraction of sp³-hybridized carbons (Fsp3) is 0.133. The summed E-state index contributed by atoms with van der Waals surface area (Å²) in [6.07, 6.45) is 0. The van der Waals surface area contributed by atoms with Gasteiger partial charge in [0.2, 0.25) is 0 Å². The van der Waals surface area contributed by atoms with Crippen LogP contribution in [0.15, 0.2) is 42.5 Å². The van der Waals surface area contributed by atoms with Crippen LogP contribution in [-0.4, -0.2) is 17.8 Å². The Morgan fingerprint density at radius 2 is 1.81 bits per heavy atom. The number of Topliss-reactive ketones (excluding diaryl/α,β-unsaturated/α-hetero) is 1. The highest BCUT2D eigenvalue weighted by atomic mass is 16.6. The Morgan fingerprint density at radius 1 is 1.10 bits per heavy atom. The van der Waals surface area contributed by atoms with Gasteiger partial charge in [0.1, 0.15) is 5.75 Å². The monoisotopic (exact) mass is 287 g/mol. The quantitative estimate of drug-likeness (QED) is 0.477. The van der Waals surface area contributed by atoms with Crippen LogP contribution in [0, 0.1) is 10.1 Å². The van der Waals surface area contributed by atoms with Crippen molar-refractivity contribution in [2.45, 2.75) is 6.92 Å². The maximum atomic E-state index is 11.6. The van der Waals surface area contributed by atoms with E-state index in [1.54, 1.807) is 24.3 Å². The minimum absolute atomic E-state index is 0.119. The SMILES string of the molecule is COc1ccc([N+](=O)[O-])cc1Oc1ccccc1C(C)=O. The highest BCUT2D eigenvalue weighted by molar-refractivity contribution is 5.96. The van der Waals surface area contributed by atoms with E-state index in [4.69, 9.17) is 9.47 Å². The number of rotatable bonds is 5. The number of nitro groups is 1. The highest BCUT2D eigenvalue weighted by Crippen LogP contribution is 2.35. The molecular weight excluding hydrogens is 274 g/mol. The topological polar surface area (TPSA) is 78.7 Å². The van der Waals surface area contributed by atoms with Crippen molar-refractivity contribution in [3.8, 4) is 17.2 Å². The third-order valence-electron chi connectivity index (χ3n) is 2.84. The second kappa shape index (κ2) is 6.04. The molecule has 2 aromatic carbocycles. The highest BCUT2D eigenvalue weighted by Gasteiger charge is 2.15. The number of non-ortho nitro benzene ring substituents is 1. The van der Waals surface area contributed by atoms with Gasteiger partial charge in [-0.3, -0.25) is 14.9 Å². The molecule has 0 heterocycles. The number of carbonyl (C=O) groups excluding carboxylic acids is 1. The standard InChI is InChI=1S/C15H13NO5/c1-10(17)12-5-3-4-6-13(12)21-15-9-11(16(18)19)7-8-14(15)20-2/h3-9H,1-2H3. The molecule has 0 aliphatic carbocycles. The largest absolute Gasteiger partial charge is 0.493 e. The fourth-order valence-corrected chi connectivity index (χ4v) is 1.82. The predicted molar refractivity (Wildman–Crippen MR) is 76.2 cm³/mol. The molecule has 0 bridgehead atoms. The van der Waals surface area contributed by atoms with Gasteiger partial charge in [0.25, 0.3) is 5.69 Å². The fourth-order valence-electron chi connectivity index (χ4n) is 1.82. The van der Waals surface area contributed by atoms with E-state index < -0.39 is 4.92 Å². The second-order valence-electron chi connectivity index (χ2n) is 4.25. The lowest BCUT2D eigenvalue weighted by Gasteiger charge is -2.12. The molecule has 0 fully saturated rings. The summed E-state index contributed by atoms with van der Waals surface area (Å²) in [5.41, 5.74) is 0.275. The first-order valence-electron chi connectivity index (χ1n) is 6.13. The zero-order valence-corrected chi connectivity index (χ0v) is 11.5. The van der Waals surface area contributed by atoms with Gasteiger partial charge in [-0.1, -0.05) is 12.1 Å². The average molecular weight is 287 g/mol. The maximum Gasteiger partial charge on any atom is 0.273 e. The van der Waals surface area contributed by atoms with Crippen molar-refractivity contribution in [3.05, 3.63) is 58.1 Å². The molecule has 0 aliphatic heterocycles. The number of nitro benzene ring substituents is 1. The van der Waals surface area contributed by atoms with Gasteiger partial charge in [0.15, 0.2) is 17.3 Å². The smallest absolute Gasteiger partial charge is 0.273 e. The van der Waals surface area contributed by atoms with E-state index in [0.29, 0.717) is 17.1 Å². The van der Waals surface area contributed by atoms with Crippen LogP contribution in [0.25, 0.3) is 0 Å². The Labute approximate surface area is 121 Å². The van der Waals surface area contributed by atoms with Crippen molar-refractivity contribution in [1.82, 2.24) is 0 Å². The van der Waals surface area contributed by atoms with E-state index in [9.17, 15) is 14.9 Å². The molecule has 0 saturated heterocycles. The number of hydrogen-bond donors (Lipinski definition) is 0. The summed E-state index contributed by atoms with van der Waals surface area (Å²) >= 11 is 0. The van der Waals surface area contributed by atoms with Crippen molar-refractivity contribution in [1.29, 1.82) is 0 Å². The van der Waals surface area contributed by atoms with Crippen molar-refractivity contribution in [2.24, 2.45) is 0 Å². The number of para-hydroxylation sites is 1. The van der Waals surface area contributed by atoms with Gasteiger partial charge in [0, 0.05) is 6.07 Å². The molecule has 0 aliphatic rings. The zero-order valence-electron chi connectivity index (χ0n) is 11.5. The normalized spacial score (nSPS) is 10.0. The Hall–Kier alpha value is -2.89. The Bertz CT molecular complexity index is 696. The molecule has 2 rings (SSSR count). The average Bonchev–Trinajstić information content (AvgIpc) is 2.47. The molecule has 0 saturated carbocycles. The van der Waals surface area contributed by atoms with Gasteiger partial charge in [-0.2, -0.15) is 0 Å². The second-order valence-corrected chi connectivity index (χ2v) is 4.25. The number of benzene rings is 2. The lowest BCUT2D eigenvalue weighted by molar-refractivity contribution is -0.384. The minimum Gasteiger partial charge on any atom is -0.493 e. The molecule has 0 unspecified atom stereocenters. The molecule has 6 heteroatoms. The van der Waals surface area contributed by atoms with Crippen LogP contribution >= 0.6 is 0 Å². The first-order valence-corrected chi connectivity index (χ1v) is 6.13. The number of methoxy groups -OCH3 is 1. The van der Waals surface area contributed by atoms with Crippen molar-refractivity contribution in [2.75, 3.05) is 7.11 Å². The molecule has 0 spiro atoms. The summed E-state index contributed by atoms with van der Waals surface area (Å²) in [4.78, 5) is 21.9. The van der Waals surface area contributed by atoms with Gasteiger partial charge < -0.3 is 9.47 Å². The summed E-state index contributed by atoms with van der Waals surface area (Å²) in [6.45, 7) is 1.42. The Morgan fingerprint density at radius 3 is 2.43 bits per heavy atom. The summed E-state index contributed by atoms with van der Waals surface area (Å²) in [5.74, 6) is 0.693. The van der Waals surface area contributed by atoms with Crippen molar-refractivity contribution < 1.29 is 19.2 Å². The number of hydrogen-bond acceptors (Lipinski definition) is 5. The summed E-state index contributed by atoms with van der Waals surface area (Å²) < 4.78 is 10.8. The van der Waals surface area contributed by atoms with Crippen LogP contribution in [0.5, 0.6) is 17.2 Å². The van der Waals surface area contributed by atoms with Crippen LogP contribution in [0.1, 0.15) is 17.3 Å². The van der Waals surface area contributed by atoms with Crippen LogP contribution in [0.4, 0.5) is 5.69 Å². The van der Waals surface area contributed by atoms with Crippen LogP contribution in [-0.2, 0) is 0 Å². The third-order valence-corrected chi connectivity index (χ3v) is 2.84. The van der Waals surface area contributed by atoms with Crippen molar-refractivity contribution in [3.63, 3.8) is 0 Å². The molecule has 6 nitrogen and oxygen atoms in total. The number of ether oxygens (including phenoxy) is 2. The van der Waals surface area contributed by atoms with Gasteiger partial charge in [-0.25, -0.2) is 0 Å². The summed E-state index contributed by atoms with van der Waals surface area (Å²) in [5, 5.41) is 10.8. The van der Waals surface area contributed by atoms with Crippen LogP contribution in [0.2, 0.25) is 0 Å². The van der Waals surface area contributed by atoms with E-state index in [2.05, 4.69) is 0 Å². The molecular formula is C15H13NO5. The molecule has 108 valence electrons. The van der Waals surface area contributed by atoms with E-state index in [0.717, 1.165) is 0 Å². The van der Waals surface area contributed by atoms with E-state index >= 15 is 0 Å². The van der Waals surface area contributed by atoms with Gasteiger partial charge >= 0.3 is 0 Å². The number of ketones is 1. The molecule has 21 heavy (non-hydrogen) atoms. The van der Waals surface area contributed by atoms with Crippen molar-refractivity contribution >= 4 is 11.5 Å². The van der Waals surface area contributed by atoms with Gasteiger partial charge in [0.05, 0.1) is 23.7 Å². The molecule has 0 N–H and O–H groups in total. The molecule has 0 atom stereocenters. The van der Waals surface area contributed by atoms with E-state index in [-0.39, 0.29) is 17.2 Å². The molecule has 0 amide bonds. The van der Waals surface area contributed by atoms with E-state index in [1.165, 1.54) is 32.2 Å². The third kappa shape index (κ3) is 3.17. The minimum atomic E-state index is -0.525. The molecule has 0 radical (unpaired) electrons. The lowest BCUT2D eigenvalue weighted by atomic mass is 10.1. The van der Waals surface area contributed by atoms with Gasteiger partial charge in [-0.15, -0.1) is 0 Å². The number of carbonyl (C=O) groups is 1. The Kier molecular flexibility index (Phi) is 4.18. The summed E-state index contributed by atoms with van der Waals surface area (Å²) in [6, 6.07) is 10.7. The van der Waals surface area contributed by atoms with Gasteiger partial charge in [-0.05, 0) is 25.1 Å². The van der Waals surface area contributed by atoms with Crippen LogP contribution < -0.4 is 9.47 Å². The zero-order chi connectivity index (χ0) is 15.4. The predicted octanol–water partition coefficient (Wildman–Crippen LogP) is 3.60. The molecule has 0 aromatic heterocycles. The van der Waals surface area contributed by atoms with Crippen LogP contribution in [0.3, 0.4) is 0 Å². The first-order chi connectivity index (χ1) is 10.0. The van der Waals surface area contributed by atoms with E-state index in [1.807, 2.05) is 0 Å². The maximum absolute atomic E-state index is 11.6. The summed E-state index contributed by atoms with van der Waals surface area (Å²) in [7, 11) is 1.44. The number of nitrogens with zero attached hydrogens (tertiary/aromatic N) is 1.